The second-order valence-corrected chi connectivity index (χ2v) is 4.89. The van der Waals surface area contributed by atoms with Crippen LogP contribution >= 0.6 is 11.6 Å². The average molecular weight is 264 g/mol. The molecule has 1 heterocycles. The third-order valence-electron chi connectivity index (χ3n) is 2.99. The molecule has 0 fully saturated rings. The highest BCUT2D eigenvalue weighted by Gasteiger charge is 2.16. The van der Waals surface area contributed by atoms with E-state index in [1.165, 1.54) is 0 Å². The van der Waals surface area contributed by atoms with Gasteiger partial charge in [-0.2, -0.15) is 5.10 Å². The van der Waals surface area contributed by atoms with Crippen LogP contribution in [0.5, 0.6) is 0 Å². The van der Waals surface area contributed by atoms with Crippen molar-refractivity contribution in [1.29, 1.82) is 0 Å². The Balaban J connectivity index is 2.35. The van der Waals surface area contributed by atoms with Crippen molar-refractivity contribution >= 4 is 11.6 Å². The van der Waals surface area contributed by atoms with E-state index in [1.54, 1.807) is 6.20 Å². The number of hydrogen-bond donors (Lipinski definition) is 1. The minimum Gasteiger partial charge on any atom is -0.319 e. The van der Waals surface area contributed by atoms with Crippen LogP contribution in [0, 0.1) is 6.92 Å². The van der Waals surface area contributed by atoms with Gasteiger partial charge in [0, 0.05) is 17.8 Å². The van der Waals surface area contributed by atoms with Crippen LogP contribution < -0.4 is 5.73 Å². The summed E-state index contributed by atoms with van der Waals surface area (Å²) in [4.78, 5) is 0. The van der Waals surface area contributed by atoms with Crippen molar-refractivity contribution in [3.05, 3.63) is 52.3 Å². The van der Waals surface area contributed by atoms with Crippen LogP contribution in [0.3, 0.4) is 0 Å². The molecular formula is C14H18ClN3. The summed E-state index contributed by atoms with van der Waals surface area (Å²) in [5.41, 5.74) is 9.38. The smallest absolute Gasteiger partial charge is 0.0737 e. The summed E-state index contributed by atoms with van der Waals surface area (Å²) < 4.78 is 1.95. The molecule has 1 atom stereocenters. The van der Waals surface area contributed by atoms with E-state index in [9.17, 15) is 0 Å². The maximum Gasteiger partial charge on any atom is 0.0737 e. The molecule has 0 saturated carbocycles. The van der Waals surface area contributed by atoms with Gasteiger partial charge in [-0.1, -0.05) is 30.7 Å². The lowest BCUT2D eigenvalue weighted by atomic mass is 10.0. The van der Waals surface area contributed by atoms with Crippen molar-refractivity contribution in [3.8, 4) is 0 Å². The van der Waals surface area contributed by atoms with Crippen molar-refractivity contribution in [2.45, 2.75) is 32.9 Å². The summed E-state index contributed by atoms with van der Waals surface area (Å²) in [5, 5.41) is 5.01. The molecule has 0 bridgehead atoms. The normalized spacial score (nSPS) is 12.7. The van der Waals surface area contributed by atoms with Gasteiger partial charge in [-0.3, -0.25) is 4.68 Å². The van der Waals surface area contributed by atoms with Gasteiger partial charge in [-0.15, -0.1) is 0 Å². The van der Waals surface area contributed by atoms with Crippen LogP contribution in [0.4, 0.5) is 0 Å². The van der Waals surface area contributed by atoms with E-state index in [0.29, 0.717) is 5.02 Å². The molecule has 18 heavy (non-hydrogen) atoms. The zero-order chi connectivity index (χ0) is 13.1. The maximum absolute atomic E-state index is 6.30. The molecule has 0 aliphatic carbocycles. The van der Waals surface area contributed by atoms with Crippen LogP contribution in [0.1, 0.15) is 36.2 Å². The van der Waals surface area contributed by atoms with E-state index in [4.69, 9.17) is 17.3 Å². The SMILES string of the molecule is CCCn1nccc1C(N)c1ccc(C)cc1Cl. The van der Waals surface area contributed by atoms with E-state index in [1.807, 2.05) is 35.9 Å². The molecule has 2 rings (SSSR count). The molecule has 0 saturated heterocycles. The lowest BCUT2D eigenvalue weighted by molar-refractivity contribution is 0.560. The Hall–Kier alpha value is -1.32. The second-order valence-electron chi connectivity index (χ2n) is 4.48. The van der Waals surface area contributed by atoms with Gasteiger partial charge in [-0.05, 0) is 36.6 Å². The lowest BCUT2D eigenvalue weighted by Crippen LogP contribution is -2.18. The average Bonchev–Trinajstić information content (AvgIpc) is 2.77. The van der Waals surface area contributed by atoms with Gasteiger partial charge in [0.05, 0.1) is 11.7 Å². The van der Waals surface area contributed by atoms with Crippen molar-refractivity contribution in [2.24, 2.45) is 5.73 Å². The maximum atomic E-state index is 6.30. The Morgan fingerprint density at radius 2 is 2.17 bits per heavy atom. The van der Waals surface area contributed by atoms with Crippen molar-refractivity contribution < 1.29 is 0 Å². The van der Waals surface area contributed by atoms with Crippen LogP contribution in [-0.2, 0) is 6.54 Å². The van der Waals surface area contributed by atoms with Crippen LogP contribution in [0.15, 0.2) is 30.5 Å². The monoisotopic (exact) mass is 263 g/mol. The fourth-order valence-electron chi connectivity index (χ4n) is 2.05. The van der Waals surface area contributed by atoms with Gasteiger partial charge in [0.2, 0.25) is 0 Å². The fraction of sp³-hybridized carbons (Fsp3) is 0.357. The molecule has 1 unspecified atom stereocenters. The first-order chi connectivity index (χ1) is 8.63. The van der Waals surface area contributed by atoms with Crippen molar-refractivity contribution in [3.63, 3.8) is 0 Å². The molecule has 96 valence electrons. The summed E-state index contributed by atoms with van der Waals surface area (Å²) >= 11 is 6.26. The molecule has 2 aromatic rings. The second kappa shape index (κ2) is 5.55. The van der Waals surface area contributed by atoms with Gasteiger partial charge >= 0.3 is 0 Å². The number of aromatic nitrogens is 2. The zero-order valence-electron chi connectivity index (χ0n) is 10.7. The number of halogens is 1. The summed E-state index contributed by atoms with van der Waals surface area (Å²) in [6.45, 7) is 5.01. The minimum atomic E-state index is -0.229. The predicted molar refractivity (Wildman–Crippen MR) is 74.7 cm³/mol. The number of benzene rings is 1. The molecule has 0 spiro atoms. The Morgan fingerprint density at radius 3 is 2.83 bits per heavy atom. The number of nitrogens with two attached hydrogens (primary N) is 1. The number of aryl methyl sites for hydroxylation is 2. The topological polar surface area (TPSA) is 43.8 Å². The molecule has 0 aliphatic rings. The number of rotatable bonds is 4. The standard InChI is InChI=1S/C14H18ClN3/c1-3-8-18-13(6-7-17-18)14(16)11-5-4-10(2)9-12(11)15/h4-7,9,14H,3,8,16H2,1-2H3. The van der Waals surface area contributed by atoms with Crippen molar-refractivity contribution in [1.82, 2.24) is 9.78 Å². The molecule has 1 aromatic carbocycles. The van der Waals surface area contributed by atoms with Crippen molar-refractivity contribution in [2.75, 3.05) is 0 Å². The molecule has 0 aliphatic heterocycles. The first kappa shape index (κ1) is 13.1. The van der Waals surface area contributed by atoms with Gasteiger partial charge in [0.15, 0.2) is 0 Å². The van der Waals surface area contributed by atoms with Gasteiger partial charge < -0.3 is 5.73 Å². The van der Waals surface area contributed by atoms with E-state index < -0.39 is 0 Å². The van der Waals surface area contributed by atoms with E-state index in [2.05, 4.69) is 12.0 Å². The third-order valence-corrected chi connectivity index (χ3v) is 3.32. The van der Waals surface area contributed by atoms with E-state index in [0.717, 1.165) is 29.8 Å². The first-order valence-corrected chi connectivity index (χ1v) is 6.54. The summed E-state index contributed by atoms with van der Waals surface area (Å²) in [6, 6.07) is 7.69. The lowest BCUT2D eigenvalue weighted by Gasteiger charge is -2.16. The Morgan fingerprint density at radius 1 is 1.39 bits per heavy atom. The highest BCUT2D eigenvalue weighted by atomic mass is 35.5. The molecule has 1 aromatic heterocycles. The molecule has 0 amide bonds. The molecule has 2 N–H and O–H groups in total. The summed E-state index contributed by atoms with van der Waals surface area (Å²) in [6.07, 6.45) is 2.82. The Kier molecular flexibility index (Phi) is 4.04. The van der Waals surface area contributed by atoms with Crippen LogP contribution in [0.2, 0.25) is 5.02 Å². The Labute approximate surface area is 113 Å². The molecular weight excluding hydrogens is 246 g/mol. The predicted octanol–water partition coefficient (Wildman–Crippen LogP) is 3.30. The first-order valence-electron chi connectivity index (χ1n) is 6.16. The molecule has 4 heteroatoms. The molecule has 0 radical (unpaired) electrons. The third kappa shape index (κ3) is 2.57. The van der Waals surface area contributed by atoms with Gasteiger partial charge in [0.25, 0.3) is 0 Å². The van der Waals surface area contributed by atoms with Gasteiger partial charge in [-0.25, -0.2) is 0 Å². The number of nitrogens with zero attached hydrogens (tertiary/aromatic N) is 2. The van der Waals surface area contributed by atoms with Crippen LogP contribution in [0.25, 0.3) is 0 Å². The summed E-state index contributed by atoms with van der Waals surface area (Å²) in [5.74, 6) is 0. The quantitative estimate of drug-likeness (QED) is 0.920. The summed E-state index contributed by atoms with van der Waals surface area (Å²) in [7, 11) is 0. The van der Waals surface area contributed by atoms with E-state index in [-0.39, 0.29) is 6.04 Å². The highest BCUT2D eigenvalue weighted by Crippen LogP contribution is 2.27. The number of hydrogen-bond acceptors (Lipinski definition) is 2. The minimum absolute atomic E-state index is 0.229. The Bertz CT molecular complexity index is 534. The van der Waals surface area contributed by atoms with Crippen LogP contribution in [-0.4, -0.2) is 9.78 Å². The molecule has 3 nitrogen and oxygen atoms in total. The van der Waals surface area contributed by atoms with Gasteiger partial charge in [0.1, 0.15) is 0 Å². The largest absolute Gasteiger partial charge is 0.319 e. The highest BCUT2D eigenvalue weighted by molar-refractivity contribution is 6.31. The fourth-order valence-corrected chi connectivity index (χ4v) is 2.40. The zero-order valence-corrected chi connectivity index (χ0v) is 11.5. The van der Waals surface area contributed by atoms with E-state index >= 15 is 0 Å².